The van der Waals surface area contributed by atoms with E-state index in [9.17, 15) is 5.11 Å². The molecule has 0 bridgehead atoms. The molecule has 0 aromatic heterocycles. The Morgan fingerprint density at radius 1 is 1.33 bits per heavy atom. The summed E-state index contributed by atoms with van der Waals surface area (Å²) in [4.78, 5) is 2.23. The number of benzene rings is 1. The second-order valence-electron chi connectivity index (χ2n) is 6.34. The molecule has 2 rings (SSSR count). The molecule has 2 unspecified atom stereocenters. The van der Waals surface area contributed by atoms with Gasteiger partial charge in [0.25, 0.3) is 0 Å². The van der Waals surface area contributed by atoms with Crippen LogP contribution in [-0.4, -0.2) is 30.3 Å². The molecule has 21 heavy (non-hydrogen) atoms. The molecule has 1 aliphatic carbocycles. The van der Waals surface area contributed by atoms with Crippen LogP contribution in [-0.2, 0) is 6.54 Å². The molecule has 0 heterocycles. The smallest absolute Gasteiger partial charge is 0.0743 e. The topological polar surface area (TPSA) is 35.5 Å². The van der Waals surface area contributed by atoms with Gasteiger partial charge in [0.05, 0.1) is 12.1 Å². The molecular formula is C17H27ClN2O. The van der Waals surface area contributed by atoms with Gasteiger partial charge in [0, 0.05) is 30.3 Å². The first kappa shape index (κ1) is 16.6. The van der Waals surface area contributed by atoms with Gasteiger partial charge in [-0.1, -0.05) is 38.3 Å². The van der Waals surface area contributed by atoms with Gasteiger partial charge >= 0.3 is 0 Å². The van der Waals surface area contributed by atoms with Crippen molar-refractivity contribution in [2.75, 3.05) is 11.9 Å². The summed E-state index contributed by atoms with van der Waals surface area (Å²) in [6.07, 6.45) is 4.05. The molecule has 1 aromatic rings. The molecule has 0 spiro atoms. The first-order valence-electron chi connectivity index (χ1n) is 7.91. The molecule has 0 radical (unpaired) electrons. The van der Waals surface area contributed by atoms with Gasteiger partial charge in [-0.2, -0.15) is 0 Å². The molecule has 1 aliphatic rings. The molecule has 0 amide bonds. The Bertz CT molecular complexity index is 464. The molecule has 0 saturated heterocycles. The lowest BCUT2D eigenvalue weighted by atomic mass is 9.91. The van der Waals surface area contributed by atoms with Crippen LogP contribution < -0.4 is 10.2 Å². The molecule has 1 saturated carbocycles. The van der Waals surface area contributed by atoms with Crippen LogP contribution in [0.5, 0.6) is 0 Å². The molecule has 118 valence electrons. The number of halogens is 1. The number of aliphatic hydroxyl groups excluding tert-OH is 1. The van der Waals surface area contributed by atoms with Crippen LogP contribution in [0.3, 0.4) is 0 Å². The number of nitrogens with zero attached hydrogens (tertiary/aromatic N) is 1. The van der Waals surface area contributed by atoms with E-state index in [1.807, 2.05) is 12.1 Å². The van der Waals surface area contributed by atoms with Gasteiger partial charge in [-0.25, -0.2) is 0 Å². The van der Waals surface area contributed by atoms with Crippen molar-refractivity contribution in [3.8, 4) is 0 Å². The van der Waals surface area contributed by atoms with E-state index in [1.165, 1.54) is 17.7 Å². The minimum absolute atomic E-state index is 0.206. The van der Waals surface area contributed by atoms with E-state index in [0.717, 1.165) is 30.8 Å². The number of hydrogen-bond acceptors (Lipinski definition) is 3. The summed E-state index contributed by atoms with van der Waals surface area (Å²) in [7, 11) is 2.08. The second kappa shape index (κ2) is 7.48. The fourth-order valence-electron chi connectivity index (χ4n) is 3.08. The van der Waals surface area contributed by atoms with Crippen LogP contribution in [0.2, 0.25) is 5.02 Å². The highest BCUT2D eigenvalue weighted by Gasteiger charge is 2.27. The summed E-state index contributed by atoms with van der Waals surface area (Å²) < 4.78 is 0. The van der Waals surface area contributed by atoms with Crippen LogP contribution in [0.25, 0.3) is 0 Å². The Labute approximate surface area is 133 Å². The minimum Gasteiger partial charge on any atom is -0.391 e. The fraction of sp³-hybridized carbons (Fsp3) is 0.647. The first-order valence-corrected chi connectivity index (χ1v) is 8.29. The average molecular weight is 311 g/mol. The number of rotatable bonds is 5. The number of nitrogens with one attached hydrogen (secondary N) is 1. The summed E-state index contributed by atoms with van der Waals surface area (Å²) in [6, 6.07) is 6.67. The van der Waals surface area contributed by atoms with E-state index in [2.05, 4.69) is 37.2 Å². The van der Waals surface area contributed by atoms with Crippen LogP contribution in [0.1, 0.15) is 45.1 Å². The van der Waals surface area contributed by atoms with Crippen LogP contribution in [0.15, 0.2) is 18.2 Å². The second-order valence-corrected chi connectivity index (χ2v) is 6.78. The third-order valence-electron chi connectivity index (χ3n) is 4.31. The van der Waals surface area contributed by atoms with Gasteiger partial charge in [-0.15, -0.1) is 0 Å². The van der Waals surface area contributed by atoms with Crippen molar-refractivity contribution >= 4 is 17.3 Å². The third kappa shape index (κ3) is 4.35. The SMILES string of the molecule is CC(C)NCc1cc(Cl)ccc1N(C)C1CCCCC1O. The predicted molar refractivity (Wildman–Crippen MR) is 90.1 cm³/mol. The average Bonchev–Trinajstić information content (AvgIpc) is 2.45. The van der Waals surface area contributed by atoms with Gasteiger partial charge in [0.15, 0.2) is 0 Å². The minimum atomic E-state index is -0.231. The van der Waals surface area contributed by atoms with Crippen molar-refractivity contribution in [2.24, 2.45) is 0 Å². The van der Waals surface area contributed by atoms with Crippen molar-refractivity contribution in [2.45, 2.75) is 64.3 Å². The van der Waals surface area contributed by atoms with Crippen molar-refractivity contribution in [3.05, 3.63) is 28.8 Å². The van der Waals surface area contributed by atoms with Crippen molar-refractivity contribution in [3.63, 3.8) is 0 Å². The summed E-state index contributed by atoms with van der Waals surface area (Å²) in [6.45, 7) is 5.07. The normalized spacial score (nSPS) is 22.6. The van der Waals surface area contributed by atoms with E-state index in [1.54, 1.807) is 0 Å². The number of hydrogen-bond donors (Lipinski definition) is 2. The zero-order chi connectivity index (χ0) is 15.4. The highest BCUT2D eigenvalue weighted by molar-refractivity contribution is 6.30. The van der Waals surface area contributed by atoms with Gasteiger partial charge in [-0.05, 0) is 36.6 Å². The number of anilines is 1. The predicted octanol–water partition coefficient (Wildman–Crippen LogP) is 3.58. The molecule has 3 nitrogen and oxygen atoms in total. The lowest BCUT2D eigenvalue weighted by Crippen LogP contribution is -2.44. The van der Waals surface area contributed by atoms with Crippen LogP contribution in [0, 0.1) is 0 Å². The number of likely N-dealkylation sites (N-methyl/N-ethyl adjacent to an activating group) is 1. The van der Waals surface area contributed by atoms with Gasteiger partial charge in [0.2, 0.25) is 0 Å². The van der Waals surface area contributed by atoms with E-state index in [4.69, 9.17) is 11.6 Å². The zero-order valence-electron chi connectivity index (χ0n) is 13.3. The Hall–Kier alpha value is -0.770. The highest BCUT2D eigenvalue weighted by atomic mass is 35.5. The summed E-state index contributed by atoms with van der Waals surface area (Å²) >= 11 is 6.16. The van der Waals surface area contributed by atoms with Gasteiger partial charge in [-0.3, -0.25) is 0 Å². The Morgan fingerprint density at radius 3 is 2.71 bits per heavy atom. The standard InChI is InChI=1S/C17H27ClN2O/c1-12(2)19-11-13-10-14(18)8-9-15(13)20(3)16-6-4-5-7-17(16)21/h8-10,12,16-17,19,21H,4-7,11H2,1-3H3. The maximum absolute atomic E-state index is 10.3. The van der Waals surface area contributed by atoms with Crippen LogP contribution in [0.4, 0.5) is 5.69 Å². The maximum atomic E-state index is 10.3. The summed E-state index contributed by atoms with van der Waals surface area (Å²) in [5, 5.41) is 14.5. The van der Waals surface area contributed by atoms with Gasteiger partial charge < -0.3 is 15.3 Å². The first-order chi connectivity index (χ1) is 9.99. The van der Waals surface area contributed by atoms with Crippen LogP contribution >= 0.6 is 11.6 Å². The molecule has 0 aliphatic heterocycles. The van der Waals surface area contributed by atoms with E-state index < -0.39 is 0 Å². The van der Waals surface area contributed by atoms with Gasteiger partial charge in [0.1, 0.15) is 0 Å². The largest absolute Gasteiger partial charge is 0.391 e. The molecule has 4 heteroatoms. The number of aliphatic hydroxyl groups is 1. The maximum Gasteiger partial charge on any atom is 0.0743 e. The monoisotopic (exact) mass is 310 g/mol. The molecule has 2 atom stereocenters. The van der Waals surface area contributed by atoms with Crippen molar-refractivity contribution in [1.29, 1.82) is 0 Å². The third-order valence-corrected chi connectivity index (χ3v) is 4.55. The Morgan fingerprint density at radius 2 is 2.05 bits per heavy atom. The van der Waals surface area contributed by atoms with Crippen molar-refractivity contribution in [1.82, 2.24) is 5.32 Å². The van der Waals surface area contributed by atoms with E-state index in [0.29, 0.717) is 6.04 Å². The fourth-order valence-corrected chi connectivity index (χ4v) is 3.27. The summed E-state index contributed by atoms with van der Waals surface area (Å²) in [5.74, 6) is 0. The molecule has 2 N–H and O–H groups in total. The lowest BCUT2D eigenvalue weighted by Gasteiger charge is -2.37. The highest BCUT2D eigenvalue weighted by Crippen LogP contribution is 2.30. The Kier molecular flexibility index (Phi) is 5.91. The zero-order valence-corrected chi connectivity index (χ0v) is 14.0. The molecule has 1 aromatic carbocycles. The van der Waals surface area contributed by atoms with E-state index in [-0.39, 0.29) is 12.1 Å². The summed E-state index contributed by atoms with van der Waals surface area (Å²) in [5.41, 5.74) is 2.36. The molecule has 1 fully saturated rings. The Balaban J connectivity index is 2.20. The quantitative estimate of drug-likeness (QED) is 0.872. The van der Waals surface area contributed by atoms with E-state index >= 15 is 0 Å². The van der Waals surface area contributed by atoms with Crippen molar-refractivity contribution < 1.29 is 5.11 Å². The molecular weight excluding hydrogens is 284 g/mol. The lowest BCUT2D eigenvalue weighted by molar-refractivity contribution is 0.106.